The number of halogens is 3. The highest BCUT2D eigenvalue weighted by atomic mass is 19.4. The molecular weight excluding hydrogens is 515 g/mol. The zero-order valence-electron chi connectivity index (χ0n) is 21.9. The van der Waals surface area contributed by atoms with E-state index in [2.05, 4.69) is 4.98 Å². The molecule has 1 aliphatic carbocycles. The fourth-order valence-electron chi connectivity index (χ4n) is 4.59. The fraction of sp³-hybridized carbons (Fsp3) is 0.448. The third kappa shape index (κ3) is 7.90. The molecule has 4 rings (SSSR count). The molecule has 1 N–H and O–H groups in total. The number of alkyl halides is 3. The largest absolute Gasteiger partial charge is 0.479 e. The Morgan fingerprint density at radius 3 is 2.54 bits per heavy atom. The van der Waals surface area contributed by atoms with Crippen LogP contribution >= 0.6 is 0 Å². The third-order valence-corrected chi connectivity index (χ3v) is 6.71. The van der Waals surface area contributed by atoms with E-state index in [0.717, 1.165) is 36.5 Å². The molecule has 1 fully saturated rings. The first-order valence-electron chi connectivity index (χ1n) is 12.9. The number of oxazole rings is 1. The van der Waals surface area contributed by atoms with Crippen molar-refractivity contribution in [1.29, 1.82) is 0 Å². The van der Waals surface area contributed by atoms with Gasteiger partial charge in [0, 0.05) is 5.56 Å². The molecule has 2 aromatic carbocycles. The fourth-order valence-corrected chi connectivity index (χ4v) is 4.59. The standard InChI is InChI=1S/C29H32F3NO6/c1-18-7-5-9-20(13-18)27-33-25(19(2)39-27)16-36-22-10-6-11-23(14-22)37-17-26(28(34)35)38-15-21-8-3-4-12-24(21)29(30,31)32/h3-5,7-9,12-13,22-23,26H,6,10-11,14-17H2,1-2H3,(H,34,35)/t22-,23+,26?/m0/s1. The lowest BCUT2D eigenvalue weighted by Crippen LogP contribution is -2.34. The first kappa shape index (κ1) is 28.8. The topological polar surface area (TPSA) is 91.0 Å². The summed E-state index contributed by atoms with van der Waals surface area (Å²) in [5.41, 5.74) is 1.74. The van der Waals surface area contributed by atoms with Gasteiger partial charge in [-0.1, -0.05) is 35.9 Å². The monoisotopic (exact) mass is 547 g/mol. The van der Waals surface area contributed by atoms with Gasteiger partial charge in [0.05, 0.1) is 37.6 Å². The van der Waals surface area contributed by atoms with Gasteiger partial charge in [-0.3, -0.25) is 0 Å². The summed E-state index contributed by atoms with van der Waals surface area (Å²) < 4.78 is 62.8. The van der Waals surface area contributed by atoms with Crippen LogP contribution in [-0.4, -0.2) is 41.0 Å². The van der Waals surface area contributed by atoms with Gasteiger partial charge in [0.1, 0.15) is 11.5 Å². The Bertz CT molecular complexity index is 1260. The summed E-state index contributed by atoms with van der Waals surface area (Å²) in [5, 5.41) is 9.53. The molecule has 7 nitrogen and oxygen atoms in total. The molecule has 0 spiro atoms. The van der Waals surface area contributed by atoms with Crippen molar-refractivity contribution in [2.45, 2.75) is 77.2 Å². The molecule has 1 saturated carbocycles. The molecule has 3 atom stereocenters. The van der Waals surface area contributed by atoms with Gasteiger partial charge in [0.15, 0.2) is 6.10 Å². The lowest BCUT2D eigenvalue weighted by atomic mass is 9.95. The van der Waals surface area contributed by atoms with E-state index in [0.29, 0.717) is 23.8 Å². The maximum absolute atomic E-state index is 13.2. The highest BCUT2D eigenvalue weighted by Gasteiger charge is 2.33. The second kappa shape index (κ2) is 12.8. The van der Waals surface area contributed by atoms with E-state index >= 15 is 0 Å². The summed E-state index contributed by atoms with van der Waals surface area (Å²) in [5.74, 6) is -0.0742. The molecule has 1 aromatic heterocycles. The first-order chi connectivity index (χ1) is 18.6. The molecule has 1 unspecified atom stereocenters. The Balaban J connectivity index is 1.28. The van der Waals surface area contributed by atoms with Crippen LogP contribution in [0.1, 0.15) is 53.8 Å². The number of carboxylic acids is 1. The number of nitrogens with zero attached hydrogens (tertiary/aromatic N) is 1. The van der Waals surface area contributed by atoms with Crippen molar-refractivity contribution in [3.05, 3.63) is 76.7 Å². The zero-order valence-corrected chi connectivity index (χ0v) is 21.9. The average Bonchev–Trinajstić information content (AvgIpc) is 3.27. The third-order valence-electron chi connectivity index (χ3n) is 6.71. The van der Waals surface area contributed by atoms with Gasteiger partial charge < -0.3 is 23.7 Å². The average molecular weight is 548 g/mol. The number of benzene rings is 2. The van der Waals surface area contributed by atoms with E-state index in [9.17, 15) is 23.1 Å². The number of hydrogen-bond donors (Lipinski definition) is 1. The molecule has 1 heterocycles. The van der Waals surface area contributed by atoms with Crippen LogP contribution in [0.3, 0.4) is 0 Å². The summed E-state index contributed by atoms with van der Waals surface area (Å²) in [4.78, 5) is 16.3. The summed E-state index contributed by atoms with van der Waals surface area (Å²) >= 11 is 0. The number of aryl methyl sites for hydroxylation is 2. The first-order valence-corrected chi connectivity index (χ1v) is 12.9. The summed E-state index contributed by atoms with van der Waals surface area (Å²) in [7, 11) is 0. The second-order valence-electron chi connectivity index (χ2n) is 9.74. The van der Waals surface area contributed by atoms with Crippen LogP contribution in [0.15, 0.2) is 52.9 Å². The lowest BCUT2D eigenvalue weighted by molar-refractivity contribution is -0.159. The van der Waals surface area contributed by atoms with E-state index in [4.69, 9.17) is 18.6 Å². The Morgan fingerprint density at radius 1 is 1.08 bits per heavy atom. The lowest BCUT2D eigenvalue weighted by Gasteiger charge is -2.30. The summed E-state index contributed by atoms with van der Waals surface area (Å²) in [6.45, 7) is 3.36. The van der Waals surface area contributed by atoms with Crippen molar-refractivity contribution in [3.8, 4) is 11.5 Å². The van der Waals surface area contributed by atoms with Crippen LogP contribution in [0.4, 0.5) is 13.2 Å². The van der Waals surface area contributed by atoms with Crippen LogP contribution < -0.4 is 0 Å². The van der Waals surface area contributed by atoms with Crippen molar-refractivity contribution in [1.82, 2.24) is 4.98 Å². The number of carboxylic acid groups (broad SMARTS) is 1. The Kier molecular flexibility index (Phi) is 9.42. The molecule has 10 heteroatoms. The molecule has 0 saturated heterocycles. The normalized spacial score (nSPS) is 18.7. The maximum Gasteiger partial charge on any atom is 0.416 e. The van der Waals surface area contributed by atoms with E-state index in [1.165, 1.54) is 18.2 Å². The van der Waals surface area contributed by atoms with Crippen LogP contribution in [0, 0.1) is 13.8 Å². The minimum Gasteiger partial charge on any atom is -0.479 e. The van der Waals surface area contributed by atoms with Crippen LogP contribution in [-0.2, 0) is 38.4 Å². The highest BCUT2D eigenvalue weighted by molar-refractivity contribution is 5.72. The second-order valence-corrected chi connectivity index (χ2v) is 9.74. The van der Waals surface area contributed by atoms with E-state index in [-0.39, 0.29) is 31.0 Å². The highest BCUT2D eigenvalue weighted by Crippen LogP contribution is 2.32. The van der Waals surface area contributed by atoms with Gasteiger partial charge >= 0.3 is 12.1 Å². The van der Waals surface area contributed by atoms with Crippen LogP contribution in [0.5, 0.6) is 0 Å². The van der Waals surface area contributed by atoms with E-state index in [1.54, 1.807) is 0 Å². The zero-order chi connectivity index (χ0) is 28.0. The number of hydrogen-bond acceptors (Lipinski definition) is 6. The van der Waals surface area contributed by atoms with Crippen molar-refractivity contribution >= 4 is 5.97 Å². The molecule has 0 bridgehead atoms. The Morgan fingerprint density at radius 2 is 1.82 bits per heavy atom. The van der Waals surface area contributed by atoms with Crippen molar-refractivity contribution in [2.24, 2.45) is 0 Å². The van der Waals surface area contributed by atoms with Crippen molar-refractivity contribution in [3.63, 3.8) is 0 Å². The number of rotatable bonds is 11. The van der Waals surface area contributed by atoms with E-state index < -0.39 is 30.4 Å². The van der Waals surface area contributed by atoms with Gasteiger partial charge in [-0.2, -0.15) is 13.2 Å². The summed E-state index contributed by atoms with van der Waals surface area (Å²) in [6, 6.07) is 12.8. The van der Waals surface area contributed by atoms with Gasteiger partial charge in [-0.15, -0.1) is 0 Å². The number of ether oxygens (including phenoxy) is 3. The predicted molar refractivity (Wildman–Crippen MR) is 136 cm³/mol. The molecule has 3 aromatic rings. The molecule has 210 valence electrons. The predicted octanol–water partition coefficient (Wildman–Crippen LogP) is 6.49. The van der Waals surface area contributed by atoms with Gasteiger partial charge in [-0.25, -0.2) is 9.78 Å². The molecular formula is C29H32F3NO6. The van der Waals surface area contributed by atoms with Crippen molar-refractivity contribution in [2.75, 3.05) is 6.61 Å². The summed E-state index contributed by atoms with van der Waals surface area (Å²) in [6.07, 6.45) is -3.37. The Labute approximate surface area is 224 Å². The van der Waals surface area contributed by atoms with Gasteiger partial charge in [0.2, 0.25) is 5.89 Å². The van der Waals surface area contributed by atoms with Crippen LogP contribution in [0.2, 0.25) is 0 Å². The number of carbonyl (C=O) groups is 1. The molecule has 1 aliphatic rings. The van der Waals surface area contributed by atoms with Crippen molar-refractivity contribution < 1.29 is 41.7 Å². The molecule has 39 heavy (non-hydrogen) atoms. The number of aliphatic carboxylic acids is 1. The smallest absolute Gasteiger partial charge is 0.416 e. The molecule has 0 amide bonds. The molecule has 0 radical (unpaired) electrons. The van der Waals surface area contributed by atoms with E-state index in [1.807, 2.05) is 38.1 Å². The quantitative estimate of drug-likeness (QED) is 0.293. The molecule has 0 aliphatic heterocycles. The number of aromatic nitrogens is 1. The van der Waals surface area contributed by atoms with Gasteiger partial charge in [-0.05, 0) is 63.3 Å². The SMILES string of the molecule is Cc1cccc(-c2nc(CO[C@H]3CCC[C@@H](OCC(OCc4ccccc4C(F)(F)F)C(=O)O)C3)c(C)o2)c1. The van der Waals surface area contributed by atoms with Crippen LogP contribution in [0.25, 0.3) is 11.5 Å². The Hall–Kier alpha value is -3.21. The maximum atomic E-state index is 13.2. The minimum atomic E-state index is -4.56. The minimum absolute atomic E-state index is 0.106. The van der Waals surface area contributed by atoms with Gasteiger partial charge in [0.25, 0.3) is 0 Å².